The number of rotatable bonds is 12. The molecule has 0 aliphatic heterocycles. The highest BCUT2D eigenvalue weighted by molar-refractivity contribution is 5.34. The normalized spacial score (nSPS) is 12.1. The van der Waals surface area contributed by atoms with Gasteiger partial charge in [-0.3, -0.25) is 4.90 Å². The second kappa shape index (κ2) is 10.4. The number of nitrogens with zero attached hydrogens (tertiary/aromatic N) is 7. The molecule has 0 amide bonds. The van der Waals surface area contributed by atoms with E-state index in [-0.39, 0.29) is 0 Å². The minimum Gasteiger partial charge on any atom is -0.303 e. The molecule has 0 bridgehead atoms. The van der Waals surface area contributed by atoms with Crippen LogP contribution in [0.1, 0.15) is 33.5 Å². The van der Waals surface area contributed by atoms with Crippen LogP contribution in [0.4, 0.5) is 0 Å². The zero-order chi connectivity index (χ0) is 18.1. The standard InChI is InChI=1S/C18H33N7/c1-5-22(6-2)12-14-24(15-13-23(7-3)8-4)16-18-21-20-17-10-9-11-19-25(17)18/h9-11H,5-8,12-16H2,1-4H3. The number of hydrogen-bond donors (Lipinski definition) is 0. The van der Waals surface area contributed by atoms with Crippen LogP contribution in [0.2, 0.25) is 0 Å². The van der Waals surface area contributed by atoms with Crippen molar-refractivity contribution in [3.05, 3.63) is 24.2 Å². The van der Waals surface area contributed by atoms with E-state index in [1.165, 1.54) is 0 Å². The summed E-state index contributed by atoms with van der Waals surface area (Å²) in [5.41, 5.74) is 0.810. The van der Waals surface area contributed by atoms with Crippen LogP contribution in [0, 0.1) is 0 Å². The fraction of sp³-hybridized carbons (Fsp3) is 0.722. The fourth-order valence-electron chi connectivity index (χ4n) is 3.00. The van der Waals surface area contributed by atoms with E-state index in [4.69, 9.17) is 0 Å². The average molecular weight is 348 g/mol. The van der Waals surface area contributed by atoms with E-state index in [2.05, 4.69) is 57.7 Å². The summed E-state index contributed by atoms with van der Waals surface area (Å²) >= 11 is 0. The molecule has 0 fully saturated rings. The Labute approximate surface area is 151 Å². The molecule has 25 heavy (non-hydrogen) atoms. The summed E-state index contributed by atoms with van der Waals surface area (Å²) in [7, 11) is 0. The smallest absolute Gasteiger partial charge is 0.177 e. The Morgan fingerprint density at radius 3 is 1.92 bits per heavy atom. The van der Waals surface area contributed by atoms with Gasteiger partial charge in [-0.2, -0.15) is 9.61 Å². The summed E-state index contributed by atoms with van der Waals surface area (Å²) in [5.74, 6) is 0.912. The Balaban J connectivity index is 2.04. The molecule has 7 nitrogen and oxygen atoms in total. The minimum atomic E-state index is 0.778. The van der Waals surface area contributed by atoms with Gasteiger partial charge in [-0.1, -0.05) is 27.7 Å². The molecule has 0 aliphatic carbocycles. The Bertz CT molecular complexity index is 588. The maximum absolute atomic E-state index is 4.39. The molecule has 0 saturated carbocycles. The van der Waals surface area contributed by atoms with Crippen LogP contribution in [0.3, 0.4) is 0 Å². The van der Waals surface area contributed by atoms with Crippen LogP contribution in [0.5, 0.6) is 0 Å². The number of hydrogen-bond acceptors (Lipinski definition) is 6. The van der Waals surface area contributed by atoms with Crippen molar-refractivity contribution >= 4 is 5.65 Å². The summed E-state index contributed by atoms with van der Waals surface area (Å²) in [6.07, 6.45) is 1.79. The lowest BCUT2D eigenvalue weighted by atomic mass is 10.3. The third kappa shape index (κ3) is 5.73. The van der Waals surface area contributed by atoms with Crippen LogP contribution in [0.25, 0.3) is 5.65 Å². The summed E-state index contributed by atoms with van der Waals surface area (Å²) in [6.45, 7) is 18.3. The maximum Gasteiger partial charge on any atom is 0.177 e. The van der Waals surface area contributed by atoms with Crippen molar-refractivity contribution in [3.63, 3.8) is 0 Å². The highest BCUT2D eigenvalue weighted by Crippen LogP contribution is 2.05. The van der Waals surface area contributed by atoms with Crippen molar-refractivity contribution < 1.29 is 0 Å². The van der Waals surface area contributed by atoms with Crippen molar-refractivity contribution in [1.29, 1.82) is 0 Å². The lowest BCUT2D eigenvalue weighted by Crippen LogP contribution is -2.39. The first-order chi connectivity index (χ1) is 12.2. The second-order valence-electron chi connectivity index (χ2n) is 6.24. The van der Waals surface area contributed by atoms with Crippen molar-refractivity contribution in [2.45, 2.75) is 34.2 Å². The zero-order valence-electron chi connectivity index (χ0n) is 16.2. The Hall–Kier alpha value is -1.57. The number of likely N-dealkylation sites (N-methyl/N-ethyl adjacent to an activating group) is 2. The van der Waals surface area contributed by atoms with Crippen LogP contribution in [0.15, 0.2) is 18.3 Å². The first-order valence-electron chi connectivity index (χ1n) is 9.54. The highest BCUT2D eigenvalue weighted by atomic mass is 15.4. The van der Waals surface area contributed by atoms with Gasteiger partial charge in [-0.15, -0.1) is 10.2 Å². The molecular formula is C18H33N7. The summed E-state index contributed by atoms with van der Waals surface area (Å²) in [4.78, 5) is 7.40. The Morgan fingerprint density at radius 1 is 0.800 bits per heavy atom. The molecule has 0 saturated heterocycles. The van der Waals surface area contributed by atoms with E-state index in [0.29, 0.717) is 0 Å². The van der Waals surface area contributed by atoms with E-state index in [1.807, 2.05) is 16.6 Å². The van der Waals surface area contributed by atoms with Gasteiger partial charge in [0.25, 0.3) is 0 Å². The van der Waals surface area contributed by atoms with Crippen molar-refractivity contribution in [1.82, 2.24) is 34.5 Å². The van der Waals surface area contributed by atoms with E-state index in [1.54, 1.807) is 6.20 Å². The quantitative estimate of drug-likeness (QED) is 0.581. The third-order valence-corrected chi connectivity index (χ3v) is 4.86. The molecule has 7 heteroatoms. The van der Waals surface area contributed by atoms with E-state index >= 15 is 0 Å². The molecule has 2 aromatic rings. The fourth-order valence-corrected chi connectivity index (χ4v) is 3.00. The molecule has 0 unspecified atom stereocenters. The van der Waals surface area contributed by atoms with Gasteiger partial charge in [0, 0.05) is 32.4 Å². The molecule has 0 aromatic carbocycles. The molecule has 0 N–H and O–H groups in total. The molecule has 2 rings (SSSR count). The Kier molecular flexibility index (Phi) is 8.24. The molecule has 0 spiro atoms. The van der Waals surface area contributed by atoms with Gasteiger partial charge in [0.1, 0.15) is 0 Å². The predicted octanol–water partition coefficient (Wildman–Crippen LogP) is 1.61. The van der Waals surface area contributed by atoms with Gasteiger partial charge in [-0.25, -0.2) is 0 Å². The van der Waals surface area contributed by atoms with E-state index in [0.717, 1.165) is 70.4 Å². The van der Waals surface area contributed by atoms with Crippen molar-refractivity contribution in [2.75, 3.05) is 52.4 Å². The van der Waals surface area contributed by atoms with Gasteiger partial charge >= 0.3 is 0 Å². The molecule has 0 radical (unpaired) electrons. The van der Waals surface area contributed by atoms with Crippen molar-refractivity contribution in [2.24, 2.45) is 0 Å². The molecular weight excluding hydrogens is 314 g/mol. The van der Waals surface area contributed by atoms with Gasteiger partial charge in [0.2, 0.25) is 0 Å². The second-order valence-corrected chi connectivity index (χ2v) is 6.24. The zero-order valence-corrected chi connectivity index (χ0v) is 16.2. The van der Waals surface area contributed by atoms with Gasteiger partial charge < -0.3 is 9.80 Å². The summed E-state index contributed by atoms with van der Waals surface area (Å²) < 4.78 is 1.85. The van der Waals surface area contributed by atoms with Crippen LogP contribution < -0.4 is 0 Å². The van der Waals surface area contributed by atoms with Crippen LogP contribution in [-0.2, 0) is 6.54 Å². The first kappa shape index (κ1) is 19.8. The molecule has 2 aromatic heterocycles. The van der Waals surface area contributed by atoms with E-state index in [9.17, 15) is 0 Å². The first-order valence-corrected chi connectivity index (χ1v) is 9.54. The SMILES string of the molecule is CCN(CC)CCN(CCN(CC)CC)Cc1nnc2cccnn12. The van der Waals surface area contributed by atoms with Crippen LogP contribution in [-0.4, -0.2) is 86.9 Å². The Morgan fingerprint density at radius 2 is 1.36 bits per heavy atom. The molecule has 140 valence electrons. The topological polar surface area (TPSA) is 52.8 Å². The highest BCUT2D eigenvalue weighted by Gasteiger charge is 2.14. The maximum atomic E-state index is 4.39. The van der Waals surface area contributed by atoms with Gasteiger partial charge in [0.05, 0.1) is 6.54 Å². The van der Waals surface area contributed by atoms with Crippen LogP contribution >= 0.6 is 0 Å². The molecule has 0 atom stereocenters. The predicted molar refractivity (Wildman–Crippen MR) is 102 cm³/mol. The number of fused-ring (bicyclic) bond motifs is 1. The summed E-state index contributed by atoms with van der Waals surface area (Å²) in [6, 6.07) is 3.84. The van der Waals surface area contributed by atoms with Gasteiger partial charge in [0.15, 0.2) is 11.5 Å². The lowest BCUT2D eigenvalue weighted by molar-refractivity contribution is 0.177. The minimum absolute atomic E-state index is 0.778. The average Bonchev–Trinajstić information content (AvgIpc) is 3.06. The monoisotopic (exact) mass is 347 g/mol. The lowest BCUT2D eigenvalue weighted by Gasteiger charge is -2.28. The molecule has 0 aliphatic rings. The van der Waals surface area contributed by atoms with Crippen molar-refractivity contribution in [3.8, 4) is 0 Å². The number of aromatic nitrogens is 4. The van der Waals surface area contributed by atoms with Gasteiger partial charge in [-0.05, 0) is 38.3 Å². The van der Waals surface area contributed by atoms with E-state index < -0.39 is 0 Å². The third-order valence-electron chi connectivity index (χ3n) is 4.86. The molecule has 2 heterocycles. The summed E-state index contributed by atoms with van der Waals surface area (Å²) in [5, 5.41) is 13.0. The largest absolute Gasteiger partial charge is 0.303 e.